The van der Waals surface area contributed by atoms with E-state index in [0.29, 0.717) is 13.0 Å². The second-order valence-electron chi connectivity index (χ2n) is 6.97. The quantitative estimate of drug-likeness (QED) is 0.0965. The van der Waals surface area contributed by atoms with Crippen molar-refractivity contribution in [2.45, 2.75) is 85.3 Å². The van der Waals surface area contributed by atoms with Crippen LogP contribution in [0.15, 0.2) is 18.7 Å². The lowest BCUT2D eigenvalue weighted by Crippen LogP contribution is -2.27. The maximum atomic E-state index is 11.6. The zero-order chi connectivity index (χ0) is 23.7. The summed E-state index contributed by atoms with van der Waals surface area (Å²) in [5.74, 6) is -0.345. The first-order valence-electron chi connectivity index (χ1n) is 10.6. The summed E-state index contributed by atoms with van der Waals surface area (Å²) < 4.78 is 53.2. The van der Waals surface area contributed by atoms with Crippen molar-refractivity contribution in [3.05, 3.63) is 18.7 Å². The molecule has 0 amide bonds. The molecule has 1 aromatic heterocycles. The minimum absolute atomic E-state index is 0.0258. The molecule has 1 aromatic rings. The number of aromatic nitrogens is 2. The highest BCUT2D eigenvalue weighted by molar-refractivity contribution is 7.80. The summed E-state index contributed by atoms with van der Waals surface area (Å²) in [6.45, 7) is 8.19. The molecule has 0 fully saturated rings. The molecule has 182 valence electrons. The lowest BCUT2D eigenvalue weighted by Gasteiger charge is -2.18. The van der Waals surface area contributed by atoms with Crippen LogP contribution in [0.1, 0.15) is 66.2 Å². The van der Waals surface area contributed by atoms with Gasteiger partial charge < -0.3 is 18.8 Å². The van der Waals surface area contributed by atoms with Crippen molar-refractivity contribution in [3.8, 4) is 0 Å². The molecule has 0 saturated heterocycles. The van der Waals surface area contributed by atoms with Crippen LogP contribution < -0.4 is 4.57 Å². The standard InChI is InChI=1S/C12H21N2O4.C8H18O4S/c1-5-16-10(2)17-11(3)18-12(15)8-14-7-6-13(4)9-14;1-2-3-4-5-6-7-8-12-13(9,10)11/h6-7,9-11H,5,8H2,1-4H3;2-8H2,1H3,(H,9,10,11)/q+1;/p-1. The number of nitrogens with zero attached hydrogens (tertiary/aromatic N) is 2. The van der Waals surface area contributed by atoms with E-state index in [2.05, 4.69) is 11.1 Å². The van der Waals surface area contributed by atoms with E-state index >= 15 is 0 Å². The Hall–Kier alpha value is -1.53. The summed E-state index contributed by atoms with van der Waals surface area (Å²) in [5, 5.41) is 0. The number of rotatable bonds is 15. The summed E-state index contributed by atoms with van der Waals surface area (Å²) in [6.07, 6.45) is 10.7. The Morgan fingerprint density at radius 1 is 1.10 bits per heavy atom. The molecular formula is C20H38N2O8S. The van der Waals surface area contributed by atoms with E-state index in [9.17, 15) is 17.8 Å². The highest BCUT2D eigenvalue weighted by Gasteiger charge is 2.15. The first-order valence-corrected chi connectivity index (χ1v) is 12.0. The van der Waals surface area contributed by atoms with Gasteiger partial charge in [0.1, 0.15) is 12.4 Å². The van der Waals surface area contributed by atoms with Crippen LogP contribution in [0.4, 0.5) is 0 Å². The van der Waals surface area contributed by atoms with Crippen molar-refractivity contribution < 1.29 is 40.7 Å². The summed E-state index contributed by atoms with van der Waals surface area (Å²) in [4.78, 5) is 11.6. The van der Waals surface area contributed by atoms with E-state index in [-0.39, 0.29) is 25.4 Å². The van der Waals surface area contributed by atoms with Crippen LogP contribution in [-0.2, 0) is 47.2 Å². The number of imidazole rings is 1. The second kappa shape index (κ2) is 17.1. The molecule has 0 radical (unpaired) electrons. The third kappa shape index (κ3) is 18.9. The fraction of sp³-hybridized carbons (Fsp3) is 0.800. The van der Waals surface area contributed by atoms with Crippen LogP contribution >= 0.6 is 0 Å². The Morgan fingerprint density at radius 2 is 1.74 bits per heavy atom. The number of hydrogen-bond acceptors (Lipinski definition) is 8. The average molecular weight is 467 g/mol. The van der Waals surface area contributed by atoms with E-state index in [1.54, 1.807) is 30.9 Å². The van der Waals surface area contributed by atoms with Gasteiger partial charge in [0.15, 0.2) is 12.8 Å². The molecule has 0 bridgehead atoms. The largest absolute Gasteiger partial charge is 0.726 e. The highest BCUT2D eigenvalue weighted by atomic mass is 32.3. The minimum atomic E-state index is -4.47. The number of esters is 1. The first-order chi connectivity index (χ1) is 14.6. The molecule has 2 atom stereocenters. The van der Waals surface area contributed by atoms with Gasteiger partial charge in [0.25, 0.3) is 0 Å². The molecule has 10 nitrogen and oxygen atoms in total. The summed E-state index contributed by atoms with van der Waals surface area (Å²) >= 11 is 0. The Kier molecular flexibility index (Phi) is 16.2. The van der Waals surface area contributed by atoms with Gasteiger partial charge in [-0.25, -0.2) is 22.3 Å². The van der Waals surface area contributed by atoms with E-state index in [0.717, 1.165) is 12.8 Å². The SMILES string of the molecule is CCCCCCCCOS(=O)(=O)[O-].CCOC(C)OC(C)OC(=O)Cn1cc[n+](C)c1. The zero-order valence-electron chi connectivity index (χ0n) is 19.3. The van der Waals surface area contributed by atoms with Gasteiger partial charge in [0, 0.05) is 6.61 Å². The van der Waals surface area contributed by atoms with E-state index < -0.39 is 16.7 Å². The van der Waals surface area contributed by atoms with Gasteiger partial charge in [-0.05, 0) is 27.2 Å². The number of hydrogen-bond donors (Lipinski definition) is 0. The fourth-order valence-electron chi connectivity index (χ4n) is 2.58. The lowest BCUT2D eigenvalue weighted by molar-refractivity contribution is -0.671. The number of aryl methyl sites for hydroxylation is 1. The van der Waals surface area contributed by atoms with Crippen molar-refractivity contribution in [2.24, 2.45) is 7.05 Å². The topological polar surface area (TPSA) is 120 Å². The number of unbranched alkanes of at least 4 members (excludes halogenated alkanes) is 5. The van der Waals surface area contributed by atoms with Crippen LogP contribution in [0.2, 0.25) is 0 Å². The highest BCUT2D eigenvalue weighted by Crippen LogP contribution is 2.05. The first kappa shape index (κ1) is 29.5. The molecule has 0 spiro atoms. The third-order valence-corrected chi connectivity index (χ3v) is 4.40. The Bertz CT molecular complexity index is 693. The van der Waals surface area contributed by atoms with Gasteiger partial charge >= 0.3 is 5.97 Å². The number of carbonyl (C=O) groups is 1. The smallest absolute Gasteiger partial charge is 0.350 e. The van der Waals surface area contributed by atoms with Crippen molar-refractivity contribution in [1.82, 2.24) is 4.57 Å². The van der Waals surface area contributed by atoms with Gasteiger partial charge in [-0.3, -0.25) is 4.18 Å². The van der Waals surface area contributed by atoms with E-state index in [1.807, 2.05) is 24.7 Å². The maximum Gasteiger partial charge on any atom is 0.350 e. The van der Waals surface area contributed by atoms with Crippen LogP contribution in [0.5, 0.6) is 0 Å². The lowest BCUT2D eigenvalue weighted by atomic mass is 10.1. The molecule has 0 aliphatic carbocycles. The minimum Gasteiger partial charge on any atom is -0.726 e. The zero-order valence-corrected chi connectivity index (χ0v) is 20.1. The summed E-state index contributed by atoms with van der Waals surface area (Å²) in [5.41, 5.74) is 0. The molecule has 1 heterocycles. The van der Waals surface area contributed by atoms with Gasteiger partial charge in [-0.1, -0.05) is 39.0 Å². The third-order valence-electron chi connectivity index (χ3n) is 3.94. The van der Waals surface area contributed by atoms with E-state index in [4.69, 9.17) is 14.2 Å². The van der Waals surface area contributed by atoms with Crippen LogP contribution in [0, 0.1) is 0 Å². The average Bonchev–Trinajstić information content (AvgIpc) is 3.05. The fourth-order valence-corrected chi connectivity index (χ4v) is 2.90. The molecule has 0 N–H and O–H groups in total. The van der Waals surface area contributed by atoms with Gasteiger partial charge in [-0.2, -0.15) is 0 Å². The molecule has 2 unspecified atom stereocenters. The van der Waals surface area contributed by atoms with Crippen molar-refractivity contribution in [3.63, 3.8) is 0 Å². The van der Waals surface area contributed by atoms with Gasteiger partial charge in [0.2, 0.25) is 23.0 Å². The summed E-state index contributed by atoms with van der Waals surface area (Å²) in [6, 6.07) is 0. The molecule has 0 aliphatic heterocycles. The molecular weight excluding hydrogens is 428 g/mol. The van der Waals surface area contributed by atoms with Crippen molar-refractivity contribution >= 4 is 16.4 Å². The maximum absolute atomic E-state index is 11.6. The molecule has 1 rings (SSSR count). The Balaban J connectivity index is 0.000000615. The normalized spacial score (nSPS) is 13.2. The molecule has 31 heavy (non-hydrogen) atoms. The predicted octanol–water partition coefficient (Wildman–Crippen LogP) is 2.42. The van der Waals surface area contributed by atoms with Crippen LogP contribution in [0.3, 0.4) is 0 Å². The van der Waals surface area contributed by atoms with Crippen molar-refractivity contribution in [1.29, 1.82) is 0 Å². The second-order valence-corrected chi connectivity index (χ2v) is 8.02. The van der Waals surface area contributed by atoms with Crippen LogP contribution in [0.25, 0.3) is 0 Å². The van der Waals surface area contributed by atoms with Crippen molar-refractivity contribution in [2.75, 3.05) is 13.2 Å². The monoisotopic (exact) mass is 466 g/mol. The predicted molar refractivity (Wildman–Crippen MR) is 112 cm³/mol. The van der Waals surface area contributed by atoms with E-state index in [1.165, 1.54) is 19.3 Å². The number of ether oxygens (including phenoxy) is 3. The molecule has 11 heteroatoms. The molecule has 0 aromatic carbocycles. The number of carbonyl (C=O) groups excluding carboxylic acids is 1. The Labute approximate surface area is 186 Å². The Morgan fingerprint density at radius 3 is 2.29 bits per heavy atom. The van der Waals surface area contributed by atoms with Gasteiger partial charge in [-0.15, -0.1) is 0 Å². The molecule has 0 saturated carbocycles. The summed E-state index contributed by atoms with van der Waals surface area (Å²) in [7, 11) is -2.59. The van der Waals surface area contributed by atoms with Gasteiger partial charge in [0.05, 0.1) is 13.7 Å². The molecule has 0 aliphatic rings. The van der Waals surface area contributed by atoms with Crippen LogP contribution in [-0.4, -0.2) is 49.3 Å².